The fraction of sp³-hybridized carbons (Fsp3) is 0.258. The second-order valence-corrected chi connectivity index (χ2v) is 11.7. The zero-order valence-electron chi connectivity index (χ0n) is 24.0. The van der Waals surface area contributed by atoms with E-state index in [0.717, 1.165) is 31.5 Å². The summed E-state index contributed by atoms with van der Waals surface area (Å²) in [7, 11) is 2.36. The molecule has 2 atom stereocenters. The molecule has 6 rings (SSSR count). The maximum atomic E-state index is 13.6. The number of carbonyl (C=O) groups excluding carboxylic acids is 2. The van der Waals surface area contributed by atoms with Crippen LogP contribution < -0.4 is 14.8 Å². The fourth-order valence-electron chi connectivity index (χ4n) is 5.22. The quantitative estimate of drug-likeness (QED) is 0.212. The SMILES string of the molecule is CCOC(=O)c1c2c(cn1Cn1cnnc1)C1=CCC(C(=O)OCc3ccccc3)NC1=S2c1ccc(OC)c(OC)c1. The Labute approximate surface area is 251 Å². The average molecular weight is 602 g/mol. The third-order valence-electron chi connectivity index (χ3n) is 7.19. The molecule has 0 amide bonds. The molecule has 4 aromatic rings. The van der Waals surface area contributed by atoms with Crippen LogP contribution in [-0.4, -0.2) is 63.1 Å². The van der Waals surface area contributed by atoms with Gasteiger partial charge in [0.05, 0.1) is 25.8 Å². The van der Waals surface area contributed by atoms with Gasteiger partial charge in [-0.05, 0) is 37.1 Å². The van der Waals surface area contributed by atoms with Crippen molar-refractivity contribution in [3.8, 4) is 11.5 Å². The van der Waals surface area contributed by atoms with Gasteiger partial charge < -0.3 is 28.1 Å². The summed E-state index contributed by atoms with van der Waals surface area (Å²) in [5.41, 5.74) is 3.18. The van der Waals surface area contributed by atoms with Gasteiger partial charge in [-0.1, -0.05) is 36.4 Å². The molecule has 1 N–H and O–H groups in total. The standard InChI is InChI=1S/C31H31N5O6S/c1-4-41-31(38)27-28-23(15-36(27)19-35-17-32-33-18-35)22-11-12-24(30(37)42-16-20-8-6-5-7-9-20)34-29(22)43(28)21-10-13-25(39-2)26(14-21)40-3/h5-11,13-15,17-18,24,34H,4,12,16,19H2,1-3H3. The van der Waals surface area contributed by atoms with Crippen molar-refractivity contribution in [2.24, 2.45) is 0 Å². The lowest BCUT2D eigenvalue weighted by atomic mass is 10.0. The number of fused-ring (bicyclic) bond motifs is 3. The van der Waals surface area contributed by atoms with Crippen molar-refractivity contribution < 1.29 is 28.5 Å². The molecule has 0 aliphatic carbocycles. The number of rotatable bonds is 10. The van der Waals surface area contributed by atoms with Crippen LogP contribution in [0.1, 0.15) is 35.0 Å². The highest BCUT2D eigenvalue weighted by Crippen LogP contribution is 2.53. The molecule has 2 unspecified atom stereocenters. The van der Waals surface area contributed by atoms with E-state index >= 15 is 0 Å². The summed E-state index contributed by atoms with van der Waals surface area (Å²) in [4.78, 5) is 29.3. The van der Waals surface area contributed by atoms with Gasteiger partial charge in [-0.25, -0.2) is 4.79 Å². The second-order valence-electron chi connectivity index (χ2n) is 9.82. The maximum absolute atomic E-state index is 13.6. The van der Waals surface area contributed by atoms with Crippen LogP contribution in [0.3, 0.4) is 0 Å². The van der Waals surface area contributed by atoms with Crippen LogP contribution in [0.25, 0.3) is 5.57 Å². The molecule has 222 valence electrons. The highest BCUT2D eigenvalue weighted by atomic mass is 32.2. The van der Waals surface area contributed by atoms with Gasteiger partial charge in [-0.3, -0.25) is 10.1 Å². The molecule has 0 fully saturated rings. The highest BCUT2D eigenvalue weighted by molar-refractivity contribution is 8.17. The second kappa shape index (κ2) is 12.3. The zero-order valence-corrected chi connectivity index (χ0v) is 24.8. The van der Waals surface area contributed by atoms with Gasteiger partial charge in [0.15, 0.2) is 11.5 Å². The van der Waals surface area contributed by atoms with Crippen LogP contribution in [-0.2, 0) is 27.5 Å². The van der Waals surface area contributed by atoms with Gasteiger partial charge in [0.2, 0.25) is 0 Å². The molecular formula is C31H31N5O6S. The lowest BCUT2D eigenvalue weighted by Crippen LogP contribution is -2.43. The molecule has 2 aliphatic rings. The number of esters is 2. The van der Waals surface area contributed by atoms with Crippen LogP contribution in [0.4, 0.5) is 0 Å². The third-order valence-corrected chi connectivity index (χ3v) is 9.48. The number of ether oxygens (including phenoxy) is 4. The molecule has 0 saturated carbocycles. The first-order chi connectivity index (χ1) is 21.0. The monoisotopic (exact) mass is 601 g/mol. The largest absolute Gasteiger partial charge is 0.493 e. The first-order valence-corrected chi connectivity index (χ1v) is 15.0. The van der Waals surface area contributed by atoms with E-state index in [-0.39, 0.29) is 19.2 Å². The van der Waals surface area contributed by atoms with Gasteiger partial charge in [-0.2, -0.15) is 0 Å². The molecule has 0 bridgehead atoms. The Balaban J connectivity index is 1.45. The summed E-state index contributed by atoms with van der Waals surface area (Å²) < 4.78 is 26.0. The van der Waals surface area contributed by atoms with Crippen molar-refractivity contribution in [2.75, 3.05) is 20.8 Å². The van der Waals surface area contributed by atoms with Crippen molar-refractivity contribution in [3.63, 3.8) is 0 Å². The Morgan fingerprint density at radius 1 is 1.02 bits per heavy atom. The van der Waals surface area contributed by atoms with Crippen LogP contribution in [0, 0.1) is 0 Å². The van der Waals surface area contributed by atoms with Crippen molar-refractivity contribution in [1.82, 2.24) is 24.6 Å². The van der Waals surface area contributed by atoms with Crippen LogP contribution in [0.5, 0.6) is 11.5 Å². The van der Waals surface area contributed by atoms with Crippen molar-refractivity contribution >= 4 is 33.0 Å². The predicted octanol–water partition coefficient (Wildman–Crippen LogP) is 4.10. The number of methoxy groups -OCH3 is 2. The topological polar surface area (TPSA) is 119 Å². The van der Waals surface area contributed by atoms with Crippen molar-refractivity contribution in [2.45, 2.75) is 42.5 Å². The third kappa shape index (κ3) is 5.46. The number of benzene rings is 2. The molecule has 4 heterocycles. The molecule has 0 saturated heterocycles. The van der Waals surface area contributed by atoms with Gasteiger partial charge in [0.25, 0.3) is 0 Å². The van der Waals surface area contributed by atoms with Crippen molar-refractivity contribution in [1.29, 1.82) is 0 Å². The number of nitrogens with zero attached hydrogens (tertiary/aromatic N) is 4. The molecule has 2 aromatic heterocycles. The van der Waals surface area contributed by atoms with E-state index < -0.39 is 22.5 Å². The van der Waals surface area contributed by atoms with E-state index in [1.54, 1.807) is 38.4 Å². The van der Waals surface area contributed by atoms with E-state index in [1.165, 1.54) is 0 Å². The number of carbonyl (C=O) groups is 2. The number of aromatic nitrogens is 4. The Bertz CT molecular complexity index is 1730. The predicted molar refractivity (Wildman–Crippen MR) is 160 cm³/mol. The summed E-state index contributed by atoms with van der Waals surface area (Å²) in [5.74, 6) is 0.365. The summed E-state index contributed by atoms with van der Waals surface area (Å²) in [6, 6.07) is 14.7. The van der Waals surface area contributed by atoms with Crippen molar-refractivity contribution in [3.05, 3.63) is 90.3 Å². The summed E-state index contributed by atoms with van der Waals surface area (Å²) in [6.45, 7) is 2.51. The normalized spacial score (nSPS) is 17.1. The molecule has 0 radical (unpaired) electrons. The first-order valence-electron chi connectivity index (χ1n) is 13.8. The molecular weight excluding hydrogens is 570 g/mol. The molecule has 12 heteroatoms. The highest BCUT2D eigenvalue weighted by Gasteiger charge is 2.39. The fourth-order valence-corrected chi connectivity index (χ4v) is 7.77. The molecule has 11 nitrogen and oxygen atoms in total. The Kier molecular flexibility index (Phi) is 8.12. The minimum absolute atomic E-state index is 0.187. The molecule has 2 aliphatic heterocycles. The van der Waals surface area contributed by atoms with Crippen LogP contribution in [0.15, 0.2) is 83.2 Å². The van der Waals surface area contributed by atoms with Crippen LogP contribution >= 0.6 is 10.5 Å². The van der Waals surface area contributed by atoms with E-state index in [4.69, 9.17) is 18.9 Å². The zero-order chi connectivity index (χ0) is 29.9. The molecule has 2 aromatic carbocycles. The Morgan fingerprint density at radius 3 is 2.51 bits per heavy atom. The van der Waals surface area contributed by atoms with E-state index in [2.05, 4.69) is 15.5 Å². The van der Waals surface area contributed by atoms with Gasteiger partial charge in [0, 0.05) is 27.1 Å². The summed E-state index contributed by atoms with van der Waals surface area (Å²) >= 11 is 0. The molecule has 0 spiro atoms. The minimum Gasteiger partial charge on any atom is -0.493 e. The number of hydrogen-bond acceptors (Lipinski definition) is 9. The van der Waals surface area contributed by atoms with E-state index in [1.807, 2.05) is 65.4 Å². The number of nitrogens with one attached hydrogen (secondary N) is 1. The number of hydrogen-bond donors (Lipinski definition) is 1. The minimum atomic E-state index is -0.813. The van der Waals surface area contributed by atoms with Crippen LogP contribution in [0.2, 0.25) is 0 Å². The Hall–Kier alpha value is -4.68. The maximum Gasteiger partial charge on any atom is 0.356 e. The van der Waals surface area contributed by atoms with Gasteiger partial charge in [-0.15, -0.1) is 20.7 Å². The first kappa shape index (κ1) is 28.4. The lowest BCUT2D eigenvalue weighted by molar-refractivity contribution is -0.147. The Morgan fingerprint density at radius 2 is 1.79 bits per heavy atom. The van der Waals surface area contributed by atoms with E-state index in [9.17, 15) is 9.59 Å². The summed E-state index contributed by atoms with van der Waals surface area (Å²) in [5, 5.41) is 11.3. The average Bonchev–Trinajstić information content (AvgIpc) is 3.75. The smallest absolute Gasteiger partial charge is 0.356 e. The summed E-state index contributed by atoms with van der Waals surface area (Å²) in [6.07, 6.45) is 7.62. The lowest BCUT2D eigenvalue weighted by Gasteiger charge is -2.24. The molecule has 43 heavy (non-hydrogen) atoms. The van der Waals surface area contributed by atoms with Gasteiger partial charge >= 0.3 is 11.9 Å². The van der Waals surface area contributed by atoms with E-state index in [0.29, 0.717) is 30.3 Å². The van der Waals surface area contributed by atoms with Gasteiger partial charge in [0.1, 0.15) is 37.7 Å².